The zero-order valence-corrected chi connectivity index (χ0v) is 16.8. The van der Waals surface area contributed by atoms with Crippen molar-refractivity contribution >= 4 is 27.3 Å². The standard InChI is InChI=1S/C23H16FNO5S/c24-18-12-6-4-10-16(18)22(27)21-23(28)17-11-5-7-13-20(17)31(29,30)25(21)14-19(26)15-8-2-1-3-9-15/h1-13,28H,14H2. The monoisotopic (exact) mass is 437 g/mol. The van der Waals surface area contributed by atoms with E-state index in [0.717, 1.165) is 6.07 Å². The molecule has 1 aliphatic rings. The summed E-state index contributed by atoms with van der Waals surface area (Å²) in [7, 11) is -4.38. The van der Waals surface area contributed by atoms with Gasteiger partial charge in [-0.05, 0) is 24.3 Å². The number of rotatable bonds is 5. The number of halogens is 1. The smallest absolute Gasteiger partial charge is 0.265 e. The highest BCUT2D eigenvalue weighted by Gasteiger charge is 2.41. The van der Waals surface area contributed by atoms with Gasteiger partial charge in [0.1, 0.15) is 11.5 Å². The number of nitrogens with zero attached hydrogens (tertiary/aromatic N) is 1. The molecule has 3 aromatic rings. The van der Waals surface area contributed by atoms with Crippen LogP contribution >= 0.6 is 0 Å². The Labute approximate surface area is 177 Å². The molecule has 1 aliphatic heterocycles. The molecule has 0 spiro atoms. The van der Waals surface area contributed by atoms with Crippen molar-refractivity contribution in [2.24, 2.45) is 0 Å². The maximum Gasteiger partial charge on any atom is 0.265 e. The van der Waals surface area contributed by atoms with Crippen molar-refractivity contribution in [3.63, 3.8) is 0 Å². The van der Waals surface area contributed by atoms with E-state index in [1.807, 2.05) is 0 Å². The summed E-state index contributed by atoms with van der Waals surface area (Å²) in [6, 6.07) is 18.6. The van der Waals surface area contributed by atoms with Crippen molar-refractivity contribution < 1.29 is 27.5 Å². The number of Topliss-reactive ketones (excluding diaryl/α,β-unsaturated/α-hetero) is 2. The number of hydrogen-bond donors (Lipinski definition) is 1. The summed E-state index contributed by atoms with van der Waals surface area (Å²) in [6.07, 6.45) is 0. The van der Waals surface area contributed by atoms with Crippen LogP contribution in [0.5, 0.6) is 0 Å². The zero-order valence-electron chi connectivity index (χ0n) is 16.0. The highest BCUT2D eigenvalue weighted by atomic mass is 32.2. The molecule has 8 heteroatoms. The molecule has 0 radical (unpaired) electrons. The van der Waals surface area contributed by atoms with E-state index in [-0.39, 0.29) is 16.0 Å². The Morgan fingerprint density at radius 3 is 2.19 bits per heavy atom. The van der Waals surface area contributed by atoms with Crippen molar-refractivity contribution in [1.82, 2.24) is 4.31 Å². The molecule has 1 N–H and O–H groups in total. The molecule has 1 heterocycles. The molecule has 0 aromatic heterocycles. The average molecular weight is 437 g/mol. The first-order valence-electron chi connectivity index (χ1n) is 9.25. The summed E-state index contributed by atoms with van der Waals surface area (Å²) in [5.74, 6) is -3.15. The Hall–Kier alpha value is -3.78. The third-order valence-electron chi connectivity index (χ3n) is 4.90. The van der Waals surface area contributed by atoms with Gasteiger partial charge in [0.2, 0.25) is 5.78 Å². The number of aliphatic hydroxyl groups is 1. The van der Waals surface area contributed by atoms with Gasteiger partial charge in [0.05, 0.1) is 17.0 Å². The van der Waals surface area contributed by atoms with E-state index in [4.69, 9.17) is 0 Å². The summed E-state index contributed by atoms with van der Waals surface area (Å²) in [5, 5.41) is 10.8. The second-order valence-electron chi connectivity index (χ2n) is 6.80. The molecule has 156 valence electrons. The third kappa shape index (κ3) is 3.51. The van der Waals surface area contributed by atoms with Crippen molar-refractivity contribution in [2.75, 3.05) is 6.54 Å². The minimum Gasteiger partial charge on any atom is -0.505 e. The van der Waals surface area contributed by atoms with Gasteiger partial charge in [0.25, 0.3) is 10.0 Å². The van der Waals surface area contributed by atoms with E-state index in [2.05, 4.69) is 0 Å². The van der Waals surface area contributed by atoms with Crippen molar-refractivity contribution in [3.05, 3.63) is 107 Å². The maximum absolute atomic E-state index is 14.3. The van der Waals surface area contributed by atoms with E-state index >= 15 is 0 Å². The molecule has 0 aliphatic carbocycles. The molecule has 0 fully saturated rings. The molecule has 0 saturated carbocycles. The molecule has 0 atom stereocenters. The second-order valence-corrected chi connectivity index (χ2v) is 8.63. The fraction of sp³-hybridized carbons (Fsp3) is 0.0435. The van der Waals surface area contributed by atoms with Gasteiger partial charge < -0.3 is 5.11 Å². The van der Waals surface area contributed by atoms with Gasteiger partial charge in [0, 0.05) is 11.1 Å². The fourth-order valence-corrected chi connectivity index (χ4v) is 5.00. The van der Waals surface area contributed by atoms with Crippen LogP contribution in [0.2, 0.25) is 0 Å². The van der Waals surface area contributed by atoms with Gasteiger partial charge in [-0.3, -0.25) is 13.9 Å². The lowest BCUT2D eigenvalue weighted by molar-refractivity contribution is 0.0955. The van der Waals surface area contributed by atoms with E-state index in [9.17, 15) is 27.5 Å². The Morgan fingerprint density at radius 2 is 1.48 bits per heavy atom. The first-order chi connectivity index (χ1) is 14.8. The lowest BCUT2D eigenvalue weighted by Crippen LogP contribution is -2.41. The Balaban J connectivity index is 1.90. The lowest BCUT2D eigenvalue weighted by Gasteiger charge is -2.31. The number of ketones is 2. The first kappa shape index (κ1) is 20.5. The van der Waals surface area contributed by atoms with Gasteiger partial charge in [0.15, 0.2) is 11.5 Å². The normalized spacial score (nSPS) is 14.8. The fourth-order valence-electron chi connectivity index (χ4n) is 3.38. The van der Waals surface area contributed by atoms with E-state index in [0.29, 0.717) is 4.31 Å². The van der Waals surface area contributed by atoms with Crippen molar-refractivity contribution in [1.29, 1.82) is 0 Å². The number of aliphatic hydroxyl groups excluding tert-OH is 1. The molecule has 3 aromatic carbocycles. The van der Waals surface area contributed by atoms with Gasteiger partial charge in [-0.15, -0.1) is 0 Å². The summed E-state index contributed by atoms with van der Waals surface area (Å²) < 4.78 is 41.5. The number of benzene rings is 3. The number of sulfonamides is 1. The summed E-state index contributed by atoms with van der Waals surface area (Å²) in [5.41, 5.74) is -0.955. The second kappa shape index (κ2) is 7.81. The minimum absolute atomic E-state index is 0.0920. The van der Waals surface area contributed by atoms with Crippen LogP contribution in [0, 0.1) is 5.82 Å². The van der Waals surface area contributed by atoms with Gasteiger partial charge >= 0.3 is 0 Å². The minimum atomic E-state index is -4.38. The lowest BCUT2D eigenvalue weighted by atomic mass is 10.0. The number of carbonyl (C=O) groups is 2. The molecular weight excluding hydrogens is 421 g/mol. The van der Waals surface area contributed by atoms with Crippen LogP contribution in [0.15, 0.2) is 89.5 Å². The van der Waals surface area contributed by atoms with Crippen LogP contribution < -0.4 is 0 Å². The predicted molar refractivity (Wildman–Crippen MR) is 111 cm³/mol. The number of carbonyl (C=O) groups excluding carboxylic acids is 2. The molecular formula is C23H16FNO5S. The molecule has 0 bridgehead atoms. The number of fused-ring (bicyclic) bond motifs is 1. The summed E-state index contributed by atoms with van der Waals surface area (Å²) in [6.45, 7) is -0.736. The molecule has 4 rings (SSSR count). The van der Waals surface area contributed by atoms with Crippen LogP contribution in [-0.2, 0) is 10.0 Å². The van der Waals surface area contributed by atoms with Crippen LogP contribution in [0.1, 0.15) is 26.3 Å². The van der Waals surface area contributed by atoms with Crippen LogP contribution in [0.3, 0.4) is 0 Å². The summed E-state index contributed by atoms with van der Waals surface area (Å²) >= 11 is 0. The van der Waals surface area contributed by atoms with Crippen molar-refractivity contribution in [3.8, 4) is 0 Å². The van der Waals surface area contributed by atoms with E-state index in [1.165, 1.54) is 54.6 Å². The Morgan fingerprint density at radius 1 is 0.871 bits per heavy atom. The molecule has 6 nitrogen and oxygen atoms in total. The highest BCUT2D eigenvalue weighted by Crippen LogP contribution is 2.37. The number of hydrogen-bond acceptors (Lipinski definition) is 5. The van der Waals surface area contributed by atoms with E-state index < -0.39 is 51.0 Å². The van der Waals surface area contributed by atoms with E-state index in [1.54, 1.807) is 18.2 Å². The highest BCUT2D eigenvalue weighted by molar-refractivity contribution is 7.89. The first-order valence-corrected chi connectivity index (χ1v) is 10.7. The third-order valence-corrected chi connectivity index (χ3v) is 6.70. The predicted octanol–water partition coefficient (Wildman–Crippen LogP) is 3.82. The van der Waals surface area contributed by atoms with Gasteiger partial charge in [-0.2, -0.15) is 0 Å². The maximum atomic E-state index is 14.3. The summed E-state index contributed by atoms with van der Waals surface area (Å²) in [4.78, 5) is 25.7. The Bertz CT molecular complexity index is 1330. The van der Waals surface area contributed by atoms with Crippen molar-refractivity contribution in [2.45, 2.75) is 4.90 Å². The molecule has 31 heavy (non-hydrogen) atoms. The van der Waals surface area contributed by atoms with Gasteiger partial charge in [-0.1, -0.05) is 54.6 Å². The average Bonchev–Trinajstić information content (AvgIpc) is 2.78. The Kier molecular flexibility index (Phi) is 5.16. The molecule has 0 amide bonds. The van der Waals surface area contributed by atoms with Crippen LogP contribution in [0.4, 0.5) is 4.39 Å². The largest absolute Gasteiger partial charge is 0.505 e. The molecule has 0 saturated heterocycles. The SMILES string of the molecule is O=C(CN1C(C(=O)c2ccccc2F)=C(O)c2ccccc2S1(=O)=O)c1ccccc1. The molecule has 0 unspecified atom stereocenters. The van der Waals surface area contributed by atoms with Crippen LogP contribution in [0.25, 0.3) is 5.76 Å². The number of allylic oxidation sites excluding steroid dienone is 1. The van der Waals surface area contributed by atoms with Gasteiger partial charge in [-0.25, -0.2) is 12.8 Å². The zero-order chi connectivity index (χ0) is 22.2. The topological polar surface area (TPSA) is 91.8 Å². The van der Waals surface area contributed by atoms with Crippen LogP contribution in [-0.4, -0.2) is 35.9 Å². The quantitative estimate of drug-likeness (QED) is 0.613.